The fourth-order valence-electron chi connectivity index (χ4n) is 5.16. The molecule has 0 fully saturated rings. The zero-order valence-corrected chi connectivity index (χ0v) is 36.3. The van der Waals surface area contributed by atoms with Crippen molar-refractivity contribution in [2.75, 3.05) is 47.5 Å². The van der Waals surface area contributed by atoms with Crippen molar-refractivity contribution < 1.29 is 42.1 Å². The number of quaternary nitrogens is 1. The molecule has 0 radical (unpaired) electrons. The van der Waals surface area contributed by atoms with Crippen LogP contribution in [0, 0.1) is 0 Å². The highest BCUT2D eigenvalue weighted by atomic mass is 31.2. The third-order valence-corrected chi connectivity index (χ3v) is 9.45. The molecule has 0 saturated heterocycles. The number of ether oxygens (including phenoxy) is 2. The molecular formula is C45H79NO8P+. The maximum atomic E-state index is 12.6. The molecule has 0 aliphatic rings. The Hall–Kier alpha value is -2.55. The number of carbonyl (C=O) groups excluding carboxylic acids is 2. The number of phosphoric ester groups is 1. The Balaban J connectivity index is 4.52. The van der Waals surface area contributed by atoms with Crippen LogP contribution in [-0.4, -0.2) is 74.9 Å². The molecule has 0 spiro atoms. The lowest BCUT2D eigenvalue weighted by Gasteiger charge is -2.24. The Bertz CT molecular complexity index is 1170. The number of esters is 2. The van der Waals surface area contributed by atoms with E-state index in [4.69, 9.17) is 18.5 Å². The van der Waals surface area contributed by atoms with Gasteiger partial charge in [-0.3, -0.25) is 18.6 Å². The highest BCUT2D eigenvalue weighted by Crippen LogP contribution is 2.43. The van der Waals surface area contributed by atoms with Crippen LogP contribution in [0.1, 0.15) is 149 Å². The van der Waals surface area contributed by atoms with Gasteiger partial charge in [-0.05, 0) is 77.0 Å². The van der Waals surface area contributed by atoms with E-state index in [9.17, 15) is 19.0 Å². The number of likely N-dealkylation sites (N-methyl/N-ethyl adjacent to an activating group) is 1. The third kappa shape index (κ3) is 40.9. The molecule has 0 aliphatic heterocycles. The smallest absolute Gasteiger partial charge is 0.462 e. The van der Waals surface area contributed by atoms with Crippen LogP contribution in [-0.2, 0) is 32.7 Å². The van der Waals surface area contributed by atoms with Gasteiger partial charge in [-0.1, -0.05) is 132 Å². The third-order valence-electron chi connectivity index (χ3n) is 8.47. The van der Waals surface area contributed by atoms with Crippen molar-refractivity contribution in [1.29, 1.82) is 0 Å². The minimum atomic E-state index is -4.39. The summed E-state index contributed by atoms with van der Waals surface area (Å²) in [6.07, 6.45) is 45.3. The number of hydrogen-bond donors (Lipinski definition) is 1. The molecule has 1 N–H and O–H groups in total. The summed E-state index contributed by atoms with van der Waals surface area (Å²) in [4.78, 5) is 35.3. The van der Waals surface area contributed by atoms with Gasteiger partial charge in [0.1, 0.15) is 19.8 Å². The molecule has 0 aromatic rings. The van der Waals surface area contributed by atoms with Crippen LogP contribution in [0.25, 0.3) is 0 Å². The fourth-order valence-corrected chi connectivity index (χ4v) is 5.90. The first-order valence-corrected chi connectivity index (χ1v) is 22.7. The van der Waals surface area contributed by atoms with E-state index >= 15 is 0 Å². The van der Waals surface area contributed by atoms with Crippen molar-refractivity contribution in [1.82, 2.24) is 0 Å². The zero-order valence-electron chi connectivity index (χ0n) is 35.4. The molecule has 2 unspecified atom stereocenters. The molecule has 0 aliphatic carbocycles. The molecule has 2 atom stereocenters. The lowest BCUT2D eigenvalue weighted by atomic mass is 10.1. The molecule has 55 heavy (non-hydrogen) atoms. The summed E-state index contributed by atoms with van der Waals surface area (Å²) in [5.41, 5.74) is 0. The molecule has 0 amide bonds. The summed E-state index contributed by atoms with van der Waals surface area (Å²) >= 11 is 0. The molecular weight excluding hydrogens is 713 g/mol. The first kappa shape index (κ1) is 52.5. The van der Waals surface area contributed by atoms with Gasteiger partial charge in [0.15, 0.2) is 6.10 Å². The lowest BCUT2D eigenvalue weighted by Crippen LogP contribution is -2.37. The molecule has 10 heteroatoms. The monoisotopic (exact) mass is 793 g/mol. The number of unbranched alkanes of at least 4 members (excludes halogenated alkanes) is 11. The van der Waals surface area contributed by atoms with E-state index < -0.39 is 32.5 Å². The second kappa shape index (κ2) is 37.1. The number of nitrogens with zero attached hydrogens (tertiary/aromatic N) is 1. The van der Waals surface area contributed by atoms with Crippen LogP contribution >= 0.6 is 7.82 Å². The van der Waals surface area contributed by atoms with Crippen LogP contribution in [0.4, 0.5) is 0 Å². The quantitative estimate of drug-likeness (QED) is 0.0218. The van der Waals surface area contributed by atoms with Crippen LogP contribution in [0.15, 0.2) is 72.9 Å². The van der Waals surface area contributed by atoms with E-state index in [0.717, 1.165) is 70.6 Å². The van der Waals surface area contributed by atoms with Gasteiger partial charge in [0.2, 0.25) is 0 Å². The van der Waals surface area contributed by atoms with Crippen molar-refractivity contribution in [2.24, 2.45) is 0 Å². The largest absolute Gasteiger partial charge is 0.472 e. The van der Waals surface area contributed by atoms with Crippen LogP contribution in [0.5, 0.6) is 0 Å². The molecule has 0 heterocycles. The Labute approximate surface area is 336 Å². The Kier molecular flexibility index (Phi) is 35.3. The maximum Gasteiger partial charge on any atom is 0.472 e. The van der Waals surface area contributed by atoms with Crippen LogP contribution in [0.2, 0.25) is 0 Å². The van der Waals surface area contributed by atoms with Gasteiger partial charge in [0, 0.05) is 12.8 Å². The van der Waals surface area contributed by atoms with E-state index in [1.165, 1.54) is 38.5 Å². The van der Waals surface area contributed by atoms with Gasteiger partial charge in [-0.25, -0.2) is 4.57 Å². The van der Waals surface area contributed by atoms with Crippen molar-refractivity contribution in [2.45, 2.75) is 155 Å². The number of carbonyl (C=O) groups is 2. The summed E-state index contributed by atoms with van der Waals surface area (Å²) in [5, 5.41) is 0. The fraction of sp³-hybridized carbons (Fsp3) is 0.689. The normalized spacial score (nSPS) is 14.4. The standard InChI is InChI=1S/C45H78NO8P/c1-6-8-10-12-14-16-18-20-22-23-24-26-28-30-32-34-36-38-45(48)54-43(42-53-55(49,50)52-40-39-46(3,4)5)41-51-44(47)37-35-33-31-29-27-25-21-19-17-15-13-11-9-7-2/h8,10,14,16,19-22,24,26,30,32,43H,6-7,9,11-13,15,17-18,23,25,27-29,31,33-42H2,1-5H3/p+1/b10-8-,16-14-,21-19-,22-20-,26-24-,32-30-. The maximum absolute atomic E-state index is 12.6. The van der Waals surface area contributed by atoms with Crippen LogP contribution < -0.4 is 0 Å². The minimum absolute atomic E-state index is 0.0163. The van der Waals surface area contributed by atoms with Gasteiger partial charge in [-0.2, -0.15) is 0 Å². The predicted molar refractivity (Wildman–Crippen MR) is 229 cm³/mol. The Morgan fingerprint density at radius 3 is 1.62 bits per heavy atom. The molecule has 0 saturated carbocycles. The molecule has 9 nitrogen and oxygen atoms in total. The highest BCUT2D eigenvalue weighted by molar-refractivity contribution is 7.47. The van der Waals surface area contributed by atoms with Gasteiger partial charge in [0.05, 0.1) is 27.7 Å². The van der Waals surface area contributed by atoms with Gasteiger partial charge < -0.3 is 18.9 Å². The first-order valence-electron chi connectivity index (χ1n) is 21.2. The van der Waals surface area contributed by atoms with E-state index in [1.807, 2.05) is 27.2 Å². The summed E-state index contributed by atoms with van der Waals surface area (Å²) < 4.78 is 34.2. The SMILES string of the molecule is CC/C=C\C/C=C\C/C=C\C/C=C\C/C=C\CCCC(=O)OC(COC(=O)CCCCCCC/C=C\CCCCCCC)COP(=O)(O)OCC[N+](C)(C)C. The summed E-state index contributed by atoms with van der Waals surface area (Å²) in [6, 6.07) is 0. The topological polar surface area (TPSA) is 108 Å². The van der Waals surface area contributed by atoms with Crippen molar-refractivity contribution in [3.05, 3.63) is 72.9 Å². The average molecular weight is 793 g/mol. The second-order valence-electron chi connectivity index (χ2n) is 15.0. The number of allylic oxidation sites excluding steroid dienone is 12. The average Bonchev–Trinajstić information content (AvgIpc) is 3.13. The van der Waals surface area contributed by atoms with Gasteiger partial charge in [-0.15, -0.1) is 0 Å². The van der Waals surface area contributed by atoms with E-state index in [1.54, 1.807) is 0 Å². The first-order chi connectivity index (χ1) is 26.5. The molecule has 0 rings (SSSR count). The van der Waals surface area contributed by atoms with E-state index in [0.29, 0.717) is 23.9 Å². The number of rotatable bonds is 37. The van der Waals surface area contributed by atoms with Crippen molar-refractivity contribution in [3.8, 4) is 0 Å². The summed E-state index contributed by atoms with van der Waals surface area (Å²) in [6.45, 7) is 4.20. The highest BCUT2D eigenvalue weighted by Gasteiger charge is 2.27. The van der Waals surface area contributed by atoms with E-state index in [2.05, 4.69) is 80.7 Å². The molecule has 0 bridgehead atoms. The molecule has 316 valence electrons. The summed E-state index contributed by atoms with van der Waals surface area (Å²) in [5.74, 6) is -0.884. The Morgan fingerprint density at radius 2 is 1.05 bits per heavy atom. The van der Waals surface area contributed by atoms with E-state index in [-0.39, 0.29) is 26.1 Å². The van der Waals surface area contributed by atoms with Crippen LogP contribution in [0.3, 0.4) is 0 Å². The molecule has 0 aromatic heterocycles. The van der Waals surface area contributed by atoms with Crippen molar-refractivity contribution >= 4 is 19.8 Å². The molecule has 0 aromatic carbocycles. The zero-order chi connectivity index (χ0) is 40.7. The summed E-state index contributed by atoms with van der Waals surface area (Å²) in [7, 11) is 1.42. The number of hydrogen-bond acceptors (Lipinski definition) is 7. The lowest BCUT2D eigenvalue weighted by molar-refractivity contribution is -0.870. The predicted octanol–water partition coefficient (Wildman–Crippen LogP) is 11.9. The number of phosphoric acid groups is 1. The minimum Gasteiger partial charge on any atom is -0.462 e. The van der Waals surface area contributed by atoms with Gasteiger partial charge in [0.25, 0.3) is 0 Å². The van der Waals surface area contributed by atoms with Gasteiger partial charge >= 0.3 is 19.8 Å². The second-order valence-corrected chi connectivity index (χ2v) is 16.4. The van der Waals surface area contributed by atoms with Crippen molar-refractivity contribution in [3.63, 3.8) is 0 Å². The Morgan fingerprint density at radius 1 is 0.582 bits per heavy atom.